The topological polar surface area (TPSA) is 36.1 Å². The number of rotatable bonds is 2. The molecular weight excluding hydrogens is 112 g/mol. The Morgan fingerprint density at radius 3 is 2.78 bits per heavy atom. The summed E-state index contributed by atoms with van der Waals surface area (Å²) in [5, 5.41) is 8.27. The van der Waals surface area contributed by atoms with Gasteiger partial charge in [0, 0.05) is 6.20 Å². The summed E-state index contributed by atoms with van der Waals surface area (Å²) in [5.74, 6) is 0. The van der Waals surface area contributed by atoms with Crippen molar-refractivity contribution in [2.75, 3.05) is 0 Å². The second kappa shape index (κ2) is 4.79. The van der Waals surface area contributed by atoms with E-state index in [1.165, 1.54) is 6.08 Å². The zero-order chi connectivity index (χ0) is 7.11. The maximum Gasteiger partial charge on any atom is 0.139 e. The van der Waals surface area contributed by atoms with Crippen LogP contribution in [0.1, 0.15) is 6.92 Å². The van der Waals surface area contributed by atoms with Crippen molar-refractivity contribution in [1.82, 2.24) is 0 Å². The average Bonchev–Trinajstić information content (AvgIpc) is 1.91. The maximum absolute atomic E-state index is 8.27. The molecule has 0 N–H and O–H groups in total. The van der Waals surface area contributed by atoms with Crippen LogP contribution in [0, 0.1) is 11.3 Å². The lowest BCUT2D eigenvalue weighted by Gasteiger charge is -1.78. The number of hydrogen-bond acceptors (Lipinski definition) is 2. The van der Waals surface area contributed by atoms with E-state index in [2.05, 4.69) is 11.6 Å². The number of allylic oxidation sites excluding steroid dienone is 2. The third-order valence-corrected chi connectivity index (χ3v) is 0.671. The Balaban J connectivity index is 4.12. The first-order valence-corrected chi connectivity index (χ1v) is 2.56. The number of aliphatic imine (C=N–C) groups is 1. The minimum Gasteiger partial charge on any atom is -0.246 e. The van der Waals surface area contributed by atoms with Gasteiger partial charge in [0.15, 0.2) is 0 Å². The van der Waals surface area contributed by atoms with Gasteiger partial charge in [0.25, 0.3) is 0 Å². The molecule has 0 saturated heterocycles. The van der Waals surface area contributed by atoms with Gasteiger partial charge in [-0.3, -0.25) is 0 Å². The van der Waals surface area contributed by atoms with Gasteiger partial charge in [0.05, 0.1) is 0 Å². The fourth-order valence-corrected chi connectivity index (χ4v) is 0.282. The molecule has 2 nitrogen and oxygen atoms in total. The predicted molar refractivity (Wildman–Crippen MR) is 38.1 cm³/mol. The average molecular weight is 120 g/mol. The van der Waals surface area contributed by atoms with Gasteiger partial charge < -0.3 is 0 Å². The first-order valence-electron chi connectivity index (χ1n) is 2.56. The Morgan fingerprint density at radius 1 is 1.78 bits per heavy atom. The quantitative estimate of drug-likeness (QED) is 0.510. The molecule has 0 heterocycles. The van der Waals surface area contributed by atoms with Crippen LogP contribution in [0.3, 0.4) is 0 Å². The highest BCUT2D eigenvalue weighted by Gasteiger charge is 1.81. The van der Waals surface area contributed by atoms with Crippen LogP contribution in [0.4, 0.5) is 0 Å². The van der Waals surface area contributed by atoms with Crippen LogP contribution in [-0.2, 0) is 0 Å². The SMILES string of the molecule is C=C/C(C#N)=N\C=C/C. The molecule has 0 aliphatic heterocycles. The molecule has 0 bridgehead atoms. The van der Waals surface area contributed by atoms with E-state index in [0.29, 0.717) is 5.71 Å². The van der Waals surface area contributed by atoms with Crippen molar-refractivity contribution >= 4 is 5.71 Å². The van der Waals surface area contributed by atoms with Crippen molar-refractivity contribution < 1.29 is 0 Å². The Kier molecular flexibility index (Phi) is 4.07. The van der Waals surface area contributed by atoms with Gasteiger partial charge in [-0.15, -0.1) is 0 Å². The summed E-state index contributed by atoms with van der Waals surface area (Å²) >= 11 is 0. The molecule has 0 spiro atoms. The smallest absolute Gasteiger partial charge is 0.139 e. The second-order valence-electron chi connectivity index (χ2n) is 1.31. The Hall–Kier alpha value is -1.36. The largest absolute Gasteiger partial charge is 0.246 e. The lowest BCUT2D eigenvalue weighted by Crippen LogP contribution is -1.82. The minimum absolute atomic E-state index is 0.341. The molecule has 9 heavy (non-hydrogen) atoms. The molecule has 0 aromatic carbocycles. The molecule has 0 aliphatic rings. The third kappa shape index (κ3) is 3.24. The monoisotopic (exact) mass is 120 g/mol. The zero-order valence-corrected chi connectivity index (χ0v) is 5.33. The predicted octanol–water partition coefficient (Wildman–Crippen LogP) is 1.67. The van der Waals surface area contributed by atoms with Gasteiger partial charge in [-0.05, 0) is 13.0 Å². The van der Waals surface area contributed by atoms with Crippen molar-refractivity contribution in [3.63, 3.8) is 0 Å². The van der Waals surface area contributed by atoms with Crippen molar-refractivity contribution in [2.45, 2.75) is 6.92 Å². The van der Waals surface area contributed by atoms with E-state index in [1.54, 1.807) is 12.3 Å². The summed E-state index contributed by atoms with van der Waals surface area (Å²) in [6.45, 7) is 5.23. The van der Waals surface area contributed by atoms with Crippen LogP contribution < -0.4 is 0 Å². The molecule has 0 aliphatic carbocycles. The van der Waals surface area contributed by atoms with Crippen molar-refractivity contribution in [3.8, 4) is 6.07 Å². The molecule has 0 radical (unpaired) electrons. The Morgan fingerprint density at radius 2 is 2.44 bits per heavy atom. The summed E-state index contributed by atoms with van der Waals surface area (Å²) < 4.78 is 0. The van der Waals surface area contributed by atoms with Crippen molar-refractivity contribution in [1.29, 1.82) is 5.26 Å². The number of nitriles is 1. The number of hydrogen-bond donors (Lipinski definition) is 0. The van der Waals surface area contributed by atoms with Gasteiger partial charge in [-0.25, -0.2) is 4.99 Å². The lowest BCUT2D eigenvalue weighted by atomic mass is 10.4. The van der Waals surface area contributed by atoms with Crippen LogP contribution in [-0.4, -0.2) is 5.71 Å². The Labute approximate surface area is 54.8 Å². The van der Waals surface area contributed by atoms with Crippen LogP contribution in [0.5, 0.6) is 0 Å². The van der Waals surface area contributed by atoms with Gasteiger partial charge >= 0.3 is 0 Å². The molecule has 0 unspecified atom stereocenters. The first kappa shape index (κ1) is 7.64. The van der Waals surface area contributed by atoms with Crippen LogP contribution in [0.15, 0.2) is 29.9 Å². The Bertz CT molecular complexity index is 182. The van der Waals surface area contributed by atoms with E-state index in [-0.39, 0.29) is 0 Å². The van der Waals surface area contributed by atoms with Crippen LogP contribution >= 0.6 is 0 Å². The summed E-state index contributed by atoms with van der Waals surface area (Å²) in [7, 11) is 0. The van der Waals surface area contributed by atoms with E-state index in [4.69, 9.17) is 5.26 Å². The molecule has 0 rings (SSSR count). The summed E-state index contributed by atoms with van der Waals surface area (Å²) in [6.07, 6.45) is 4.72. The summed E-state index contributed by atoms with van der Waals surface area (Å²) in [6, 6.07) is 1.87. The van der Waals surface area contributed by atoms with Gasteiger partial charge in [0.2, 0.25) is 0 Å². The first-order chi connectivity index (χ1) is 4.35. The summed E-state index contributed by atoms with van der Waals surface area (Å²) in [4.78, 5) is 3.74. The van der Waals surface area contributed by atoms with E-state index in [0.717, 1.165) is 0 Å². The molecule has 0 aromatic heterocycles. The lowest BCUT2D eigenvalue weighted by molar-refractivity contribution is 1.50. The van der Waals surface area contributed by atoms with Crippen molar-refractivity contribution in [3.05, 3.63) is 24.9 Å². The van der Waals surface area contributed by atoms with Gasteiger partial charge in [0.1, 0.15) is 11.8 Å². The van der Waals surface area contributed by atoms with Gasteiger partial charge in [-0.1, -0.05) is 12.7 Å². The molecule has 46 valence electrons. The van der Waals surface area contributed by atoms with Gasteiger partial charge in [-0.2, -0.15) is 5.26 Å². The normalized spacial score (nSPS) is 11.3. The molecule has 0 atom stereocenters. The van der Waals surface area contributed by atoms with E-state index < -0.39 is 0 Å². The molecule has 0 aromatic rings. The fourth-order valence-electron chi connectivity index (χ4n) is 0.282. The molecule has 0 fully saturated rings. The second-order valence-corrected chi connectivity index (χ2v) is 1.31. The summed E-state index contributed by atoms with van der Waals surface area (Å²) in [5.41, 5.74) is 0.341. The maximum atomic E-state index is 8.27. The highest BCUT2D eigenvalue weighted by molar-refractivity contribution is 6.07. The van der Waals surface area contributed by atoms with E-state index in [9.17, 15) is 0 Å². The molecule has 0 amide bonds. The molecule has 2 heteroatoms. The number of nitrogens with zero attached hydrogens (tertiary/aromatic N) is 2. The highest BCUT2D eigenvalue weighted by Crippen LogP contribution is 1.79. The van der Waals surface area contributed by atoms with Crippen LogP contribution in [0.25, 0.3) is 0 Å². The molecule has 0 saturated carbocycles. The van der Waals surface area contributed by atoms with Crippen LogP contribution in [0.2, 0.25) is 0 Å². The van der Waals surface area contributed by atoms with E-state index >= 15 is 0 Å². The highest BCUT2D eigenvalue weighted by atomic mass is 14.7. The molecular formula is C7H8N2. The standard InChI is InChI=1S/C7H8N2/c1-3-5-9-7(4-2)6-8/h3-5H,2H2,1H3/b5-3-,9-7+. The fraction of sp³-hybridized carbons (Fsp3) is 0.143. The third-order valence-electron chi connectivity index (χ3n) is 0.671. The van der Waals surface area contributed by atoms with Crippen molar-refractivity contribution in [2.24, 2.45) is 4.99 Å². The van der Waals surface area contributed by atoms with E-state index in [1.807, 2.05) is 13.0 Å². The minimum atomic E-state index is 0.341. The zero-order valence-electron chi connectivity index (χ0n) is 5.33.